The Balaban J connectivity index is 2.20. The number of halogens is 1. The highest BCUT2D eigenvalue weighted by Gasteiger charge is 2.10. The van der Waals surface area contributed by atoms with Crippen molar-refractivity contribution in [2.24, 2.45) is 0 Å². The van der Waals surface area contributed by atoms with Gasteiger partial charge in [0.15, 0.2) is 0 Å². The first-order valence-corrected chi connectivity index (χ1v) is 6.64. The maximum Gasteiger partial charge on any atom is 0.254 e. The topological polar surface area (TPSA) is 90.0 Å². The predicted molar refractivity (Wildman–Crippen MR) is 82.5 cm³/mol. The third-order valence-electron chi connectivity index (χ3n) is 2.89. The lowest BCUT2D eigenvalue weighted by atomic mass is 10.3. The first-order valence-electron chi connectivity index (χ1n) is 6.27. The van der Waals surface area contributed by atoms with E-state index in [1.165, 1.54) is 10.6 Å². The van der Waals surface area contributed by atoms with Crippen LogP contribution in [0, 0.1) is 13.8 Å². The van der Waals surface area contributed by atoms with Gasteiger partial charge in [-0.25, -0.2) is 4.98 Å². The molecule has 2 aromatic rings. The SMILES string of the molecule is Cc1cc(=O)n(CC(=O)Nc2cc(N)ccc2Cl)c(C)n1. The van der Waals surface area contributed by atoms with Crippen molar-refractivity contribution in [3.05, 3.63) is 51.2 Å². The van der Waals surface area contributed by atoms with Crippen LogP contribution >= 0.6 is 11.6 Å². The van der Waals surface area contributed by atoms with E-state index in [9.17, 15) is 9.59 Å². The van der Waals surface area contributed by atoms with Gasteiger partial charge in [0.05, 0.1) is 10.7 Å². The van der Waals surface area contributed by atoms with Crippen LogP contribution in [0.5, 0.6) is 0 Å². The summed E-state index contributed by atoms with van der Waals surface area (Å²) in [6, 6.07) is 6.17. The van der Waals surface area contributed by atoms with E-state index < -0.39 is 0 Å². The van der Waals surface area contributed by atoms with Gasteiger partial charge in [-0.15, -0.1) is 0 Å². The Morgan fingerprint density at radius 3 is 2.76 bits per heavy atom. The van der Waals surface area contributed by atoms with E-state index in [1.807, 2.05) is 0 Å². The van der Waals surface area contributed by atoms with E-state index in [0.29, 0.717) is 27.9 Å². The summed E-state index contributed by atoms with van der Waals surface area (Å²) in [7, 11) is 0. The number of carbonyl (C=O) groups excluding carboxylic acids is 1. The number of aromatic nitrogens is 2. The molecule has 1 aromatic carbocycles. The molecule has 1 amide bonds. The standard InChI is InChI=1S/C14H15ClN4O2/c1-8-5-14(21)19(9(2)17-8)7-13(20)18-12-6-10(16)3-4-11(12)15/h3-6H,7,16H2,1-2H3,(H,18,20). The van der Waals surface area contributed by atoms with E-state index in [1.54, 1.807) is 32.0 Å². The minimum Gasteiger partial charge on any atom is -0.399 e. The van der Waals surface area contributed by atoms with Crippen molar-refractivity contribution < 1.29 is 4.79 Å². The van der Waals surface area contributed by atoms with Gasteiger partial charge in [0, 0.05) is 17.4 Å². The van der Waals surface area contributed by atoms with E-state index in [-0.39, 0.29) is 18.0 Å². The molecule has 7 heteroatoms. The minimum absolute atomic E-state index is 0.136. The number of aryl methyl sites for hydroxylation is 2. The predicted octanol–water partition coefficient (Wildman–Crippen LogP) is 1.73. The lowest BCUT2D eigenvalue weighted by Gasteiger charge is -2.11. The van der Waals surface area contributed by atoms with Crippen LogP contribution in [-0.2, 0) is 11.3 Å². The Labute approximate surface area is 126 Å². The first-order chi connectivity index (χ1) is 9.86. The van der Waals surface area contributed by atoms with Crippen LogP contribution in [0.1, 0.15) is 11.5 Å². The van der Waals surface area contributed by atoms with Gasteiger partial charge < -0.3 is 11.1 Å². The molecule has 21 heavy (non-hydrogen) atoms. The lowest BCUT2D eigenvalue weighted by Crippen LogP contribution is -2.30. The van der Waals surface area contributed by atoms with Gasteiger partial charge in [-0.2, -0.15) is 0 Å². The van der Waals surface area contributed by atoms with Gasteiger partial charge in [-0.05, 0) is 32.0 Å². The van der Waals surface area contributed by atoms with Crippen LogP contribution in [0.3, 0.4) is 0 Å². The number of nitrogens with zero attached hydrogens (tertiary/aromatic N) is 2. The largest absolute Gasteiger partial charge is 0.399 e. The second-order valence-electron chi connectivity index (χ2n) is 4.66. The number of benzene rings is 1. The zero-order valence-electron chi connectivity index (χ0n) is 11.7. The van der Waals surface area contributed by atoms with E-state index >= 15 is 0 Å². The van der Waals surface area contributed by atoms with Gasteiger partial charge in [-0.1, -0.05) is 11.6 Å². The summed E-state index contributed by atoms with van der Waals surface area (Å²) in [5, 5.41) is 3.01. The molecule has 2 rings (SSSR count). The number of anilines is 2. The fourth-order valence-corrected chi connectivity index (χ4v) is 2.09. The number of rotatable bonds is 3. The average molecular weight is 307 g/mol. The zero-order valence-corrected chi connectivity index (χ0v) is 12.4. The quantitative estimate of drug-likeness (QED) is 0.845. The second-order valence-corrected chi connectivity index (χ2v) is 5.06. The summed E-state index contributed by atoms with van der Waals surface area (Å²) in [6.07, 6.45) is 0. The molecule has 6 nitrogen and oxygen atoms in total. The van der Waals surface area contributed by atoms with Crippen molar-refractivity contribution in [2.45, 2.75) is 20.4 Å². The number of nitrogens with one attached hydrogen (secondary N) is 1. The van der Waals surface area contributed by atoms with Crippen molar-refractivity contribution >= 4 is 28.9 Å². The number of hydrogen-bond donors (Lipinski definition) is 2. The molecule has 110 valence electrons. The van der Waals surface area contributed by atoms with Gasteiger partial charge >= 0.3 is 0 Å². The molecule has 1 heterocycles. The molecule has 0 aliphatic carbocycles. The van der Waals surface area contributed by atoms with Crippen molar-refractivity contribution in [3.8, 4) is 0 Å². The van der Waals surface area contributed by atoms with Gasteiger partial charge in [0.25, 0.3) is 5.56 Å². The summed E-state index contributed by atoms with van der Waals surface area (Å²) < 4.78 is 1.29. The van der Waals surface area contributed by atoms with Crippen molar-refractivity contribution in [2.75, 3.05) is 11.1 Å². The number of nitrogens with two attached hydrogens (primary N) is 1. The first kappa shape index (κ1) is 15.1. The maximum absolute atomic E-state index is 12.0. The van der Waals surface area contributed by atoms with Crippen LogP contribution in [0.4, 0.5) is 11.4 Å². The average Bonchev–Trinajstić information content (AvgIpc) is 2.38. The normalized spacial score (nSPS) is 10.4. The molecule has 0 saturated carbocycles. The maximum atomic E-state index is 12.0. The monoisotopic (exact) mass is 306 g/mol. The summed E-state index contributed by atoms with van der Waals surface area (Å²) in [4.78, 5) is 28.1. The summed E-state index contributed by atoms with van der Waals surface area (Å²) in [5.74, 6) is 0.104. The van der Waals surface area contributed by atoms with Gasteiger partial charge in [0.1, 0.15) is 12.4 Å². The Morgan fingerprint density at radius 2 is 2.10 bits per heavy atom. The highest BCUT2D eigenvalue weighted by Crippen LogP contribution is 2.23. The molecule has 1 aromatic heterocycles. The highest BCUT2D eigenvalue weighted by molar-refractivity contribution is 6.33. The van der Waals surface area contributed by atoms with Crippen molar-refractivity contribution in [3.63, 3.8) is 0 Å². The second kappa shape index (κ2) is 5.97. The molecule has 0 fully saturated rings. The molecular formula is C14H15ClN4O2. The molecule has 0 bridgehead atoms. The molecule has 0 unspecified atom stereocenters. The van der Waals surface area contributed by atoms with Crippen molar-refractivity contribution in [1.82, 2.24) is 9.55 Å². The van der Waals surface area contributed by atoms with Crippen molar-refractivity contribution in [1.29, 1.82) is 0 Å². The number of nitrogen functional groups attached to an aromatic ring is 1. The van der Waals surface area contributed by atoms with Crippen LogP contribution < -0.4 is 16.6 Å². The minimum atomic E-state index is -0.377. The smallest absolute Gasteiger partial charge is 0.254 e. The molecule has 0 saturated heterocycles. The van der Waals surface area contributed by atoms with Crippen LogP contribution in [0.2, 0.25) is 5.02 Å². The van der Waals surface area contributed by atoms with E-state index in [0.717, 1.165) is 0 Å². The number of amides is 1. The third-order valence-corrected chi connectivity index (χ3v) is 3.22. The summed E-state index contributed by atoms with van der Waals surface area (Å²) in [6.45, 7) is 3.27. The lowest BCUT2D eigenvalue weighted by molar-refractivity contribution is -0.116. The molecule has 3 N–H and O–H groups in total. The highest BCUT2D eigenvalue weighted by atomic mass is 35.5. The van der Waals surface area contributed by atoms with E-state index in [2.05, 4.69) is 10.3 Å². The molecule has 0 aliphatic rings. The molecule has 0 spiro atoms. The zero-order chi connectivity index (χ0) is 15.6. The Morgan fingerprint density at radius 1 is 1.38 bits per heavy atom. The van der Waals surface area contributed by atoms with E-state index in [4.69, 9.17) is 17.3 Å². The molecule has 0 aliphatic heterocycles. The van der Waals surface area contributed by atoms with Gasteiger partial charge in [-0.3, -0.25) is 14.2 Å². The summed E-state index contributed by atoms with van der Waals surface area (Å²) >= 11 is 5.98. The molecule has 0 radical (unpaired) electrons. The Kier molecular flexibility index (Phi) is 4.28. The number of hydrogen-bond acceptors (Lipinski definition) is 4. The van der Waals surface area contributed by atoms with Crippen LogP contribution in [0.25, 0.3) is 0 Å². The van der Waals surface area contributed by atoms with Crippen LogP contribution in [-0.4, -0.2) is 15.5 Å². The Bertz CT molecular complexity index is 755. The fraction of sp³-hybridized carbons (Fsp3) is 0.214. The summed E-state index contributed by atoms with van der Waals surface area (Å²) in [5.41, 5.74) is 6.89. The third kappa shape index (κ3) is 3.61. The van der Waals surface area contributed by atoms with Gasteiger partial charge in [0.2, 0.25) is 5.91 Å². The van der Waals surface area contributed by atoms with Crippen LogP contribution in [0.15, 0.2) is 29.1 Å². The number of carbonyl (C=O) groups is 1. The molecule has 0 atom stereocenters. The fourth-order valence-electron chi connectivity index (χ4n) is 1.93. The Hall–Kier alpha value is -2.34. The molecular weight excluding hydrogens is 292 g/mol.